The SMILES string of the molecule is C[C@H](CO)NC[C@@H]1C[C@H]2C=C[C@H]1C2. The molecule has 4 atom stereocenters. The molecule has 0 aliphatic heterocycles. The fourth-order valence-electron chi connectivity index (χ4n) is 2.55. The van der Waals surface area contributed by atoms with E-state index in [1.54, 1.807) is 0 Å². The van der Waals surface area contributed by atoms with Crippen molar-refractivity contribution in [2.24, 2.45) is 17.8 Å². The summed E-state index contributed by atoms with van der Waals surface area (Å²) in [6, 6.07) is 0.253. The zero-order chi connectivity index (χ0) is 9.26. The normalized spacial score (nSPS) is 38.5. The van der Waals surface area contributed by atoms with E-state index in [0.717, 1.165) is 24.3 Å². The van der Waals surface area contributed by atoms with Gasteiger partial charge in [-0.2, -0.15) is 0 Å². The molecule has 74 valence electrons. The molecule has 0 unspecified atom stereocenters. The minimum atomic E-state index is 0.247. The average molecular weight is 181 g/mol. The van der Waals surface area contributed by atoms with Gasteiger partial charge in [0.05, 0.1) is 6.61 Å². The van der Waals surface area contributed by atoms with Crippen molar-refractivity contribution in [2.75, 3.05) is 13.2 Å². The van der Waals surface area contributed by atoms with E-state index >= 15 is 0 Å². The number of hydrogen-bond donors (Lipinski definition) is 2. The first-order valence-electron chi connectivity index (χ1n) is 5.32. The van der Waals surface area contributed by atoms with Crippen molar-refractivity contribution >= 4 is 0 Å². The van der Waals surface area contributed by atoms with Crippen LogP contribution in [0.1, 0.15) is 19.8 Å². The van der Waals surface area contributed by atoms with Crippen molar-refractivity contribution in [3.63, 3.8) is 0 Å². The Morgan fingerprint density at radius 3 is 2.85 bits per heavy atom. The van der Waals surface area contributed by atoms with Crippen molar-refractivity contribution in [1.82, 2.24) is 5.32 Å². The molecule has 0 heterocycles. The van der Waals surface area contributed by atoms with Gasteiger partial charge in [0.1, 0.15) is 0 Å². The third kappa shape index (κ3) is 1.94. The van der Waals surface area contributed by atoms with Crippen LogP contribution in [0, 0.1) is 17.8 Å². The van der Waals surface area contributed by atoms with Crippen molar-refractivity contribution in [2.45, 2.75) is 25.8 Å². The lowest BCUT2D eigenvalue weighted by Crippen LogP contribution is -2.34. The maximum Gasteiger partial charge on any atom is 0.0581 e. The van der Waals surface area contributed by atoms with Crippen LogP contribution >= 0.6 is 0 Å². The molecule has 2 nitrogen and oxygen atoms in total. The summed E-state index contributed by atoms with van der Waals surface area (Å²) in [7, 11) is 0. The van der Waals surface area contributed by atoms with Crippen LogP contribution in [0.2, 0.25) is 0 Å². The Morgan fingerprint density at radius 2 is 2.31 bits per heavy atom. The highest BCUT2D eigenvalue weighted by Gasteiger charge is 2.35. The average Bonchev–Trinajstić information content (AvgIpc) is 2.74. The Balaban J connectivity index is 1.75. The second-order valence-electron chi connectivity index (χ2n) is 4.53. The maximum atomic E-state index is 8.86. The van der Waals surface area contributed by atoms with E-state index in [0.29, 0.717) is 0 Å². The Kier molecular flexibility index (Phi) is 2.70. The summed E-state index contributed by atoms with van der Waals surface area (Å²) in [6.45, 7) is 3.35. The van der Waals surface area contributed by atoms with E-state index in [4.69, 9.17) is 5.11 Å². The second-order valence-corrected chi connectivity index (χ2v) is 4.53. The van der Waals surface area contributed by atoms with Crippen LogP contribution < -0.4 is 5.32 Å². The highest BCUT2D eigenvalue weighted by Crippen LogP contribution is 2.42. The van der Waals surface area contributed by atoms with Crippen molar-refractivity contribution in [3.8, 4) is 0 Å². The first-order chi connectivity index (χ1) is 6.29. The molecule has 0 aromatic heterocycles. The van der Waals surface area contributed by atoms with Gasteiger partial charge in [0.15, 0.2) is 0 Å². The van der Waals surface area contributed by atoms with Crippen molar-refractivity contribution in [3.05, 3.63) is 12.2 Å². The molecule has 0 saturated heterocycles. The molecule has 2 aliphatic carbocycles. The number of hydrogen-bond acceptors (Lipinski definition) is 2. The molecule has 2 aliphatic rings. The van der Waals surface area contributed by atoms with E-state index in [1.807, 2.05) is 6.92 Å². The number of allylic oxidation sites excluding steroid dienone is 2. The molecule has 1 saturated carbocycles. The molecule has 1 fully saturated rings. The minimum absolute atomic E-state index is 0.247. The zero-order valence-corrected chi connectivity index (χ0v) is 8.24. The Labute approximate surface area is 80.0 Å². The summed E-state index contributed by atoms with van der Waals surface area (Å²) in [5, 5.41) is 12.2. The summed E-state index contributed by atoms with van der Waals surface area (Å²) in [5.41, 5.74) is 0. The van der Waals surface area contributed by atoms with Gasteiger partial charge in [0.2, 0.25) is 0 Å². The minimum Gasteiger partial charge on any atom is -0.395 e. The molecule has 0 amide bonds. The van der Waals surface area contributed by atoms with Crippen molar-refractivity contribution < 1.29 is 5.11 Å². The van der Waals surface area contributed by atoms with Crippen LogP contribution in [0.15, 0.2) is 12.2 Å². The summed E-state index contributed by atoms with van der Waals surface area (Å²) >= 11 is 0. The molecule has 0 aromatic rings. The lowest BCUT2D eigenvalue weighted by atomic mass is 9.93. The highest BCUT2D eigenvalue weighted by atomic mass is 16.3. The van der Waals surface area contributed by atoms with Gasteiger partial charge in [-0.1, -0.05) is 12.2 Å². The molecular weight excluding hydrogens is 162 g/mol. The predicted molar refractivity (Wildman–Crippen MR) is 53.4 cm³/mol. The first kappa shape index (κ1) is 9.22. The number of aliphatic hydroxyl groups is 1. The second kappa shape index (κ2) is 3.81. The van der Waals surface area contributed by atoms with E-state index in [1.165, 1.54) is 12.8 Å². The van der Waals surface area contributed by atoms with Gasteiger partial charge >= 0.3 is 0 Å². The standard InChI is InChI=1S/C11H19NO/c1-8(7-13)12-6-11-5-9-2-3-10(11)4-9/h2-3,8-13H,4-7H2,1H3/t8-,9+,10+,11+/m1/s1. The van der Waals surface area contributed by atoms with Crippen LogP contribution in [-0.4, -0.2) is 24.3 Å². The Bertz CT molecular complexity index is 202. The monoisotopic (exact) mass is 181 g/mol. The molecule has 2 bridgehead atoms. The van der Waals surface area contributed by atoms with Gasteiger partial charge in [0, 0.05) is 6.04 Å². The van der Waals surface area contributed by atoms with Crippen molar-refractivity contribution in [1.29, 1.82) is 0 Å². The first-order valence-corrected chi connectivity index (χ1v) is 5.32. The number of fused-ring (bicyclic) bond motifs is 2. The van der Waals surface area contributed by atoms with Crippen LogP contribution in [0.5, 0.6) is 0 Å². The quantitative estimate of drug-likeness (QED) is 0.638. The lowest BCUT2D eigenvalue weighted by Gasteiger charge is -2.20. The fourth-order valence-corrected chi connectivity index (χ4v) is 2.55. The summed E-state index contributed by atoms with van der Waals surface area (Å²) in [4.78, 5) is 0. The predicted octanol–water partition coefficient (Wildman–Crippen LogP) is 1.17. The summed E-state index contributed by atoms with van der Waals surface area (Å²) < 4.78 is 0. The van der Waals surface area contributed by atoms with Gasteiger partial charge in [-0.25, -0.2) is 0 Å². The highest BCUT2D eigenvalue weighted by molar-refractivity contribution is 5.10. The molecule has 0 radical (unpaired) electrons. The van der Waals surface area contributed by atoms with E-state index in [2.05, 4.69) is 17.5 Å². The van der Waals surface area contributed by atoms with Crippen LogP contribution in [0.25, 0.3) is 0 Å². The van der Waals surface area contributed by atoms with Gasteiger partial charge in [-0.05, 0) is 44.1 Å². The molecule has 13 heavy (non-hydrogen) atoms. The molecule has 0 aromatic carbocycles. The fraction of sp³-hybridized carbons (Fsp3) is 0.818. The topological polar surface area (TPSA) is 32.3 Å². The molecule has 2 N–H and O–H groups in total. The van der Waals surface area contributed by atoms with E-state index < -0.39 is 0 Å². The lowest BCUT2D eigenvalue weighted by molar-refractivity contribution is 0.242. The number of aliphatic hydroxyl groups excluding tert-OH is 1. The Hall–Kier alpha value is -0.340. The maximum absolute atomic E-state index is 8.86. The molecule has 2 rings (SSSR count). The largest absolute Gasteiger partial charge is 0.395 e. The van der Waals surface area contributed by atoms with Crippen LogP contribution in [-0.2, 0) is 0 Å². The Morgan fingerprint density at radius 1 is 1.46 bits per heavy atom. The van der Waals surface area contributed by atoms with Gasteiger partial charge in [0.25, 0.3) is 0 Å². The third-order valence-corrected chi connectivity index (χ3v) is 3.42. The summed E-state index contributed by atoms with van der Waals surface area (Å²) in [5.74, 6) is 2.51. The van der Waals surface area contributed by atoms with Gasteiger partial charge < -0.3 is 10.4 Å². The third-order valence-electron chi connectivity index (χ3n) is 3.42. The number of rotatable bonds is 4. The van der Waals surface area contributed by atoms with E-state index in [9.17, 15) is 0 Å². The zero-order valence-electron chi connectivity index (χ0n) is 8.24. The number of nitrogens with one attached hydrogen (secondary N) is 1. The van der Waals surface area contributed by atoms with Crippen LogP contribution in [0.4, 0.5) is 0 Å². The van der Waals surface area contributed by atoms with E-state index in [-0.39, 0.29) is 12.6 Å². The molecule has 2 heteroatoms. The molecular formula is C11H19NO. The van der Waals surface area contributed by atoms with Crippen LogP contribution in [0.3, 0.4) is 0 Å². The van der Waals surface area contributed by atoms with Gasteiger partial charge in [-0.3, -0.25) is 0 Å². The smallest absolute Gasteiger partial charge is 0.0581 e. The van der Waals surface area contributed by atoms with Gasteiger partial charge in [-0.15, -0.1) is 0 Å². The summed E-state index contributed by atoms with van der Waals surface area (Å²) in [6.07, 6.45) is 7.48. The molecule has 0 spiro atoms.